The Bertz CT molecular complexity index is 489. The third-order valence-electron chi connectivity index (χ3n) is 4.89. The number of hydrogen-bond acceptors (Lipinski definition) is 4. The summed E-state index contributed by atoms with van der Waals surface area (Å²) in [5.41, 5.74) is 1.32. The van der Waals surface area contributed by atoms with Crippen molar-refractivity contribution in [2.45, 2.75) is 45.2 Å². The van der Waals surface area contributed by atoms with Gasteiger partial charge in [-0.3, -0.25) is 4.98 Å². The SMILES string of the molecule is CC(CO)C(C)NC(=O)NC1CCN(CCc2ccncc2)CC1. The van der Waals surface area contributed by atoms with Crippen LogP contribution in [-0.4, -0.2) is 59.3 Å². The monoisotopic (exact) mass is 334 g/mol. The standard InChI is InChI=1S/C18H30N4O2/c1-14(13-23)15(2)20-18(24)21-17-6-11-22(12-7-17)10-5-16-3-8-19-9-4-16/h3-4,8-9,14-15,17,23H,5-7,10-13H2,1-2H3,(H2,20,21,24). The number of urea groups is 1. The Kier molecular flexibility index (Phi) is 7.46. The number of piperidine rings is 1. The first-order valence-corrected chi connectivity index (χ1v) is 8.87. The van der Waals surface area contributed by atoms with Crippen molar-refractivity contribution in [1.29, 1.82) is 0 Å². The van der Waals surface area contributed by atoms with Gasteiger partial charge in [0.15, 0.2) is 0 Å². The van der Waals surface area contributed by atoms with Crippen molar-refractivity contribution < 1.29 is 9.90 Å². The van der Waals surface area contributed by atoms with Crippen LogP contribution in [-0.2, 0) is 6.42 Å². The van der Waals surface area contributed by atoms with Gasteiger partial charge in [0.1, 0.15) is 0 Å². The van der Waals surface area contributed by atoms with E-state index in [1.54, 1.807) is 0 Å². The number of hydrogen-bond donors (Lipinski definition) is 3. The number of aliphatic hydroxyl groups excluding tert-OH is 1. The summed E-state index contributed by atoms with van der Waals surface area (Å²) in [4.78, 5) is 18.5. The molecule has 1 aromatic heterocycles. The highest BCUT2D eigenvalue weighted by atomic mass is 16.3. The Morgan fingerprint density at radius 3 is 2.62 bits per heavy atom. The Morgan fingerprint density at radius 1 is 1.33 bits per heavy atom. The van der Waals surface area contributed by atoms with Gasteiger partial charge in [-0.15, -0.1) is 0 Å². The minimum absolute atomic E-state index is 0.0320. The Hall–Kier alpha value is -1.66. The molecule has 2 unspecified atom stereocenters. The molecule has 0 aromatic carbocycles. The van der Waals surface area contributed by atoms with Crippen LogP contribution in [0.25, 0.3) is 0 Å². The molecule has 1 aliphatic rings. The maximum Gasteiger partial charge on any atom is 0.315 e. The van der Waals surface area contributed by atoms with E-state index < -0.39 is 0 Å². The van der Waals surface area contributed by atoms with Crippen molar-refractivity contribution in [1.82, 2.24) is 20.5 Å². The van der Waals surface area contributed by atoms with Gasteiger partial charge in [-0.05, 0) is 49.8 Å². The van der Waals surface area contributed by atoms with Crippen molar-refractivity contribution in [2.75, 3.05) is 26.2 Å². The predicted molar refractivity (Wildman–Crippen MR) is 94.8 cm³/mol. The lowest BCUT2D eigenvalue weighted by Crippen LogP contribution is -2.51. The highest BCUT2D eigenvalue weighted by molar-refractivity contribution is 5.74. The average Bonchev–Trinajstić information content (AvgIpc) is 2.61. The van der Waals surface area contributed by atoms with Crippen LogP contribution in [0.4, 0.5) is 4.79 Å². The van der Waals surface area contributed by atoms with Gasteiger partial charge in [0.05, 0.1) is 0 Å². The summed E-state index contributed by atoms with van der Waals surface area (Å²) in [6.07, 6.45) is 6.67. The zero-order valence-electron chi connectivity index (χ0n) is 14.7. The number of pyridine rings is 1. The van der Waals surface area contributed by atoms with E-state index in [0.29, 0.717) is 0 Å². The molecule has 2 amide bonds. The van der Waals surface area contributed by atoms with Crippen LogP contribution in [0.3, 0.4) is 0 Å². The highest BCUT2D eigenvalue weighted by Crippen LogP contribution is 2.11. The minimum Gasteiger partial charge on any atom is -0.396 e. The molecular formula is C18H30N4O2. The third-order valence-corrected chi connectivity index (χ3v) is 4.89. The van der Waals surface area contributed by atoms with Gasteiger partial charge in [-0.2, -0.15) is 0 Å². The molecule has 1 aliphatic heterocycles. The van der Waals surface area contributed by atoms with Crippen molar-refractivity contribution in [3.63, 3.8) is 0 Å². The Labute approximate surface area is 144 Å². The number of amides is 2. The number of rotatable bonds is 7. The fraction of sp³-hybridized carbons (Fsp3) is 0.667. The molecule has 1 aromatic rings. The molecule has 134 valence electrons. The van der Waals surface area contributed by atoms with E-state index in [1.165, 1.54) is 5.56 Å². The number of carbonyl (C=O) groups is 1. The molecule has 2 atom stereocenters. The molecule has 0 bridgehead atoms. The summed E-state index contributed by atoms with van der Waals surface area (Å²) in [6, 6.07) is 4.20. The maximum absolute atomic E-state index is 12.0. The van der Waals surface area contributed by atoms with E-state index in [1.807, 2.05) is 26.2 Å². The second-order valence-electron chi connectivity index (χ2n) is 6.79. The average molecular weight is 334 g/mol. The number of nitrogens with one attached hydrogen (secondary N) is 2. The van der Waals surface area contributed by atoms with Crippen molar-refractivity contribution in [2.24, 2.45) is 5.92 Å². The van der Waals surface area contributed by atoms with Crippen LogP contribution in [0.15, 0.2) is 24.5 Å². The number of likely N-dealkylation sites (tertiary alicyclic amines) is 1. The molecule has 2 heterocycles. The lowest BCUT2D eigenvalue weighted by atomic mass is 10.0. The quantitative estimate of drug-likeness (QED) is 0.704. The normalized spacial score (nSPS) is 18.8. The Balaban J connectivity index is 1.64. The van der Waals surface area contributed by atoms with Crippen LogP contribution in [0.5, 0.6) is 0 Å². The van der Waals surface area contributed by atoms with E-state index in [0.717, 1.165) is 38.9 Å². The first-order valence-electron chi connectivity index (χ1n) is 8.87. The van der Waals surface area contributed by atoms with Crippen LogP contribution >= 0.6 is 0 Å². The van der Waals surface area contributed by atoms with Crippen LogP contribution in [0.1, 0.15) is 32.3 Å². The predicted octanol–water partition coefficient (Wildman–Crippen LogP) is 1.40. The number of nitrogens with zero attached hydrogens (tertiary/aromatic N) is 2. The molecule has 2 rings (SSSR count). The van der Waals surface area contributed by atoms with Gasteiger partial charge in [0, 0.05) is 50.7 Å². The topological polar surface area (TPSA) is 77.5 Å². The van der Waals surface area contributed by atoms with Gasteiger partial charge in [0.25, 0.3) is 0 Å². The second kappa shape index (κ2) is 9.59. The van der Waals surface area contributed by atoms with Crippen LogP contribution in [0, 0.1) is 5.92 Å². The Morgan fingerprint density at radius 2 is 2.00 bits per heavy atom. The van der Waals surface area contributed by atoms with Gasteiger partial charge in [-0.1, -0.05) is 6.92 Å². The summed E-state index contributed by atoms with van der Waals surface area (Å²) in [5, 5.41) is 15.1. The first kappa shape index (κ1) is 18.7. The fourth-order valence-corrected chi connectivity index (χ4v) is 2.87. The minimum atomic E-state index is -0.127. The van der Waals surface area contributed by atoms with Crippen LogP contribution in [0.2, 0.25) is 0 Å². The summed E-state index contributed by atoms with van der Waals surface area (Å²) in [5.74, 6) is 0.0609. The molecule has 0 aliphatic carbocycles. The van der Waals surface area contributed by atoms with Gasteiger partial charge >= 0.3 is 6.03 Å². The maximum atomic E-state index is 12.0. The number of aliphatic hydroxyl groups is 1. The van der Waals surface area contributed by atoms with Crippen LogP contribution < -0.4 is 10.6 Å². The summed E-state index contributed by atoms with van der Waals surface area (Å²) >= 11 is 0. The molecule has 6 heteroatoms. The summed E-state index contributed by atoms with van der Waals surface area (Å²) < 4.78 is 0. The van der Waals surface area contributed by atoms with Crippen molar-refractivity contribution in [3.8, 4) is 0 Å². The molecular weight excluding hydrogens is 304 g/mol. The number of aromatic nitrogens is 1. The molecule has 6 nitrogen and oxygen atoms in total. The zero-order valence-corrected chi connectivity index (χ0v) is 14.7. The molecule has 3 N–H and O–H groups in total. The molecule has 1 saturated heterocycles. The molecule has 24 heavy (non-hydrogen) atoms. The van der Waals surface area contributed by atoms with E-state index >= 15 is 0 Å². The fourth-order valence-electron chi connectivity index (χ4n) is 2.87. The van der Waals surface area contributed by atoms with Crippen molar-refractivity contribution >= 4 is 6.03 Å². The third kappa shape index (κ3) is 6.09. The summed E-state index contributed by atoms with van der Waals surface area (Å²) in [6.45, 7) is 7.00. The van der Waals surface area contributed by atoms with Gasteiger partial charge in [0.2, 0.25) is 0 Å². The van der Waals surface area contributed by atoms with E-state index in [2.05, 4.69) is 32.7 Å². The molecule has 1 fully saturated rings. The lowest BCUT2D eigenvalue weighted by molar-refractivity contribution is 0.184. The summed E-state index contributed by atoms with van der Waals surface area (Å²) in [7, 11) is 0. The van der Waals surface area contributed by atoms with E-state index in [4.69, 9.17) is 5.11 Å². The molecule has 0 saturated carbocycles. The second-order valence-corrected chi connectivity index (χ2v) is 6.79. The first-order chi connectivity index (χ1) is 11.6. The lowest BCUT2D eigenvalue weighted by Gasteiger charge is -2.32. The smallest absolute Gasteiger partial charge is 0.315 e. The molecule has 0 radical (unpaired) electrons. The van der Waals surface area contributed by atoms with E-state index in [9.17, 15) is 4.79 Å². The van der Waals surface area contributed by atoms with E-state index in [-0.39, 0.29) is 30.6 Å². The zero-order chi connectivity index (χ0) is 17.4. The molecule has 0 spiro atoms. The van der Waals surface area contributed by atoms with Gasteiger partial charge < -0.3 is 20.6 Å². The van der Waals surface area contributed by atoms with Gasteiger partial charge in [-0.25, -0.2) is 4.79 Å². The number of carbonyl (C=O) groups excluding carboxylic acids is 1. The largest absolute Gasteiger partial charge is 0.396 e. The van der Waals surface area contributed by atoms with Crippen molar-refractivity contribution in [3.05, 3.63) is 30.1 Å². The highest BCUT2D eigenvalue weighted by Gasteiger charge is 2.21.